The Bertz CT molecular complexity index is 1330. The molecular weight excluding hydrogens is 491 g/mol. The van der Waals surface area contributed by atoms with Gasteiger partial charge >= 0.3 is 6.36 Å². The average Bonchev–Trinajstić information content (AvgIpc) is 3.08. The molecule has 0 saturated carbocycles. The number of aromatic hydroxyl groups is 1. The van der Waals surface area contributed by atoms with Gasteiger partial charge in [-0.15, -0.1) is 23.4 Å². The van der Waals surface area contributed by atoms with E-state index in [-0.39, 0.29) is 28.7 Å². The van der Waals surface area contributed by atoms with E-state index in [1.165, 1.54) is 12.1 Å². The molecular formula is C25H22F3N5O2S. The molecule has 11 heteroatoms. The zero-order chi connectivity index (χ0) is 25.7. The average molecular weight is 514 g/mol. The lowest BCUT2D eigenvalue weighted by molar-refractivity contribution is -0.274. The summed E-state index contributed by atoms with van der Waals surface area (Å²) >= 11 is 4.73. The maximum Gasteiger partial charge on any atom is 0.573 e. The maximum absolute atomic E-state index is 12.8. The van der Waals surface area contributed by atoms with Crippen LogP contribution in [0, 0.1) is 0 Å². The van der Waals surface area contributed by atoms with E-state index in [9.17, 15) is 18.3 Å². The van der Waals surface area contributed by atoms with Crippen LogP contribution in [0.4, 0.5) is 18.9 Å². The molecule has 0 atom stereocenters. The largest absolute Gasteiger partial charge is 0.573 e. The number of azo groups is 1. The predicted octanol–water partition coefficient (Wildman–Crippen LogP) is 6.23. The van der Waals surface area contributed by atoms with Crippen molar-refractivity contribution in [1.29, 1.82) is 0 Å². The van der Waals surface area contributed by atoms with Gasteiger partial charge < -0.3 is 15.6 Å². The van der Waals surface area contributed by atoms with E-state index < -0.39 is 12.1 Å². The van der Waals surface area contributed by atoms with E-state index in [0.29, 0.717) is 18.6 Å². The quantitative estimate of drug-likeness (QED) is 0.215. The van der Waals surface area contributed by atoms with Crippen LogP contribution in [-0.2, 0) is 19.8 Å². The Labute approximate surface area is 210 Å². The monoisotopic (exact) mass is 513 g/mol. The Balaban J connectivity index is 1.76. The number of benzene rings is 3. The fourth-order valence-electron chi connectivity index (χ4n) is 3.88. The number of nitrogens with zero attached hydrogens (tertiary/aromatic N) is 4. The van der Waals surface area contributed by atoms with Crippen molar-refractivity contribution in [1.82, 2.24) is 9.47 Å². The summed E-state index contributed by atoms with van der Waals surface area (Å²) in [7, 11) is 0. The number of fused-ring (bicyclic) bond motifs is 1. The molecule has 0 aliphatic rings. The van der Waals surface area contributed by atoms with Gasteiger partial charge in [0.25, 0.3) is 0 Å². The summed E-state index contributed by atoms with van der Waals surface area (Å²) in [6, 6.07) is 23.3. The Morgan fingerprint density at radius 1 is 0.972 bits per heavy atom. The molecule has 0 unspecified atom stereocenters. The molecule has 36 heavy (non-hydrogen) atoms. The number of aromatic nitrogens is 1. The van der Waals surface area contributed by atoms with Gasteiger partial charge in [-0.1, -0.05) is 60.7 Å². The standard InChI is InChI=1S/C25H22F3N5O2S/c26-25(27,28)35-19-11-12-21-20(13-19)22(30-31-24(29)36)23(34)33(21)16-32(14-17-7-3-1-4-8-17)15-18-9-5-2-6-10-18/h1-13,34H,14-16H2,(H2,29,36). The first kappa shape index (κ1) is 25.1. The summed E-state index contributed by atoms with van der Waals surface area (Å²) in [5, 5.41) is 18.5. The smallest absolute Gasteiger partial charge is 0.493 e. The van der Waals surface area contributed by atoms with Gasteiger partial charge in [0.15, 0.2) is 5.69 Å². The van der Waals surface area contributed by atoms with E-state index in [0.717, 1.165) is 17.2 Å². The van der Waals surface area contributed by atoms with Gasteiger partial charge in [-0.25, -0.2) is 0 Å². The van der Waals surface area contributed by atoms with Crippen LogP contribution >= 0.6 is 12.2 Å². The van der Waals surface area contributed by atoms with E-state index in [1.54, 1.807) is 4.57 Å². The fraction of sp³-hybridized carbons (Fsp3) is 0.160. The summed E-state index contributed by atoms with van der Waals surface area (Å²) in [6.07, 6.45) is -4.87. The number of rotatable bonds is 8. The van der Waals surface area contributed by atoms with E-state index in [1.807, 2.05) is 60.7 Å². The van der Waals surface area contributed by atoms with Crippen molar-refractivity contribution in [2.45, 2.75) is 26.1 Å². The Kier molecular flexibility index (Phi) is 7.51. The zero-order valence-corrected chi connectivity index (χ0v) is 19.7. The number of thiocarbonyl (C=S) groups is 1. The lowest BCUT2D eigenvalue weighted by atomic mass is 10.2. The van der Waals surface area contributed by atoms with Gasteiger partial charge in [-0.3, -0.25) is 9.47 Å². The van der Waals surface area contributed by atoms with Crippen LogP contribution in [0.1, 0.15) is 11.1 Å². The molecule has 1 heterocycles. The van der Waals surface area contributed by atoms with Crippen molar-refractivity contribution in [3.63, 3.8) is 0 Å². The first-order valence-corrected chi connectivity index (χ1v) is 11.2. The second-order valence-corrected chi connectivity index (χ2v) is 8.38. The second-order valence-electron chi connectivity index (χ2n) is 7.96. The zero-order valence-electron chi connectivity index (χ0n) is 18.9. The predicted molar refractivity (Wildman–Crippen MR) is 134 cm³/mol. The van der Waals surface area contributed by atoms with Crippen molar-refractivity contribution in [2.24, 2.45) is 16.0 Å². The summed E-state index contributed by atoms with van der Waals surface area (Å²) in [5.41, 5.74) is 7.89. The van der Waals surface area contributed by atoms with Crippen molar-refractivity contribution < 1.29 is 23.0 Å². The van der Waals surface area contributed by atoms with E-state index >= 15 is 0 Å². The van der Waals surface area contributed by atoms with Crippen molar-refractivity contribution >= 4 is 33.9 Å². The van der Waals surface area contributed by atoms with Crippen LogP contribution < -0.4 is 10.5 Å². The number of hydrogen-bond donors (Lipinski definition) is 2. The molecule has 0 spiro atoms. The second kappa shape index (κ2) is 10.8. The number of nitrogens with two attached hydrogens (primary N) is 1. The number of ether oxygens (including phenoxy) is 1. The highest BCUT2D eigenvalue weighted by molar-refractivity contribution is 7.80. The lowest BCUT2D eigenvalue weighted by Gasteiger charge is -2.24. The summed E-state index contributed by atoms with van der Waals surface area (Å²) in [6.45, 7) is 1.30. The normalized spacial score (nSPS) is 12.0. The minimum atomic E-state index is -4.87. The Hall–Kier alpha value is -3.96. The van der Waals surface area contributed by atoms with Gasteiger partial charge in [0.1, 0.15) is 5.75 Å². The molecule has 0 aliphatic carbocycles. The van der Waals surface area contributed by atoms with Crippen LogP contribution in [0.25, 0.3) is 10.9 Å². The van der Waals surface area contributed by atoms with Gasteiger partial charge in [0.2, 0.25) is 11.0 Å². The molecule has 0 fully saturated rings. The fourth-order valence-corrected chi connectivity index (χ4v) is 3.92. The molecule has 0 bridgehead atoms. The first-order valence-electron chi connectivity index (χ1n) is 10.8. The van der Waals surface area contributed by atoms with Crippen LogP contribution in [0.15, 0.2) is 89.1 Å². The highest BCUT2D eigenvalue weighted by Gasteiger charge is 2.31. The first-order chi connectivity index (χ1) is 17.2. The minimum absolute atomic E-state index is 0.0650. The molecule has 0 amide bonds. The Morgan fingerprint density at radius 3 is 2.08 bits per heavy atom. The maximum atomic E-state index is 12.8. The van der Waals surface area contributed by atoms with Crippen LogP contribution in [0.2, 0.25) is 0 Å². The molecule has 1 aromatic heterocycles. The highest BCUT2D eigenvalue weighted by Crippen LogP contribution is 2.41. The third-order valence-electron chi connectivity index (χ3n) is 5.30. The third kappa shape index (κ3) is 6.37. The minimum Gasteiger partial charge on any atom is -0.493 e. The highest BCUT2D eigenvalue weighted by atomic mass is 32.1. The molecule has 0 aliphatic heterocycles. The number of halogens is 3. The van der Waals surface area contributed by atoms with E-state index in [4.69, 9.17) is 18.0 Å². The van der Waals surface area contributed by atoms with Gasteiger partial charge in [0.05, 0.1) is 12.2 Å². The number of hydrogen-bond acceptors (Lipinski definition) is 5. The summed E-state index contributed by atoms with van der Waals surface area (Å²) in [4.78, 5) is 2.08. The van der Waals surface area contributed by atoms with Crippen LogP contribution in [-0.4, -0.2) is 26.0 Å². The van der Waals surface area contributed by atoms with Crippen LogP contribution in [0.3, 0.4) is 0 Å². The van der Waals surface area contributed by atoms with Gasteiger partial charge in [0, 0.05) is 18.5 Å². The molecule has 7 nitrogen and oxygen atoms in total. The molecule has 4 aromatic rings. The SMILES string of the molecule is NC(=S)N=Nc1c(O)n(CN(Cc2ccccc2)Cc2ccccc2)c2ccc(OC(F)(F)F)cc12. The lowest BCUT2D eigenvalue weighted by Crippen LogP contribution is -2.25. The molecule has 3 N–H and O–H groups in total. The van der Waals surface area contributed by atoms with Crippen LogP contribution in [0.5, 0.6) is 11.6 Å². The summed E-state index contributed by atoms with van der Waals surface area (Å²) < 4.78 is 44.0. The van der Waals surface area contributed by atoms with Gasteiger partial charge in [-0.2, -0.15) is 0 Å². The summed E-state index contributed by atoms with van der Waals surface area (Å²) in [5.74, 6) is -0.746. The number of alkyl halides is 3. The molecule has 0 radical (unpaired) electrons. The molecule has 4 rings (SSSR count). The third-order valence-corrected chi connectivity index (χ3v) is 5.38. The van der Waals surface area contributed by atoms with Crippen molar-refractivity contribution in [2.75, 3.05) is 0 Å². The van der Waals surface area contributed by atoms with E-state index in [2.05, 4.69) is 19.9 Å². The van der Waals surface area contributed by atoms with Crippen molar-refractivity contribution in [3.05, 3.63) is 90.0 Å². The topological polar surface area (TPSA) is 88.4 Å². The molecule has 3 aromatic carbocycles. The van der Waals surface area contributed by atoms with Crippen molar-refractivity contribution in [3.8, 4) is 11.6 Å². The molecule has 0 saturated heterocycles. The Morgan fingerprint density at radius 2 is 1.56 bits per heavy atom. The molecule has 186 valence electrons. The van der Waals surface area contributed by atoms with Gasteiger partial charge in [-0.05, 0) is 41.5 Å².